The highest BCUT2D eigenvalue weighted by Gasteiger charge is 2.23. The van der Waals surface area contributed by atoms with E-state index in [0.29, 0.717) is 23.1 Å². The van der Waals surface area contributed by atoms with E-state index in [2.05, 4.69) is 4.72 Å². The van der Waals surface area contributed by atoms with E-state index < -0.39 is 10.0 Å². The number of hydrogen-bond acceptors (Lipinski definition) is 3. The maximum atomic E-state index is 11.9. The molecular formula is C20H16ClNO3S. The molecule has 3 aromatic rings. The first-order valence-corrected chi connectivity index (χ1v) is 10.2. The summed E-state index contributed by atoms with van der Waals surface area (Å²) in [6, 6.07) is 20.7. The van der Waals surface area contributed by atoms with E-state index in [9.17, 15) is 8.42 Å². The molecule has 0 radical (unpaired) electrons. The van der Waals surface area contributed by atoms with Crippen LogP contribution in [0.25, 0.3) is 11.1 Å². The molecule has 0 aromatic heterocycles. The van der Waals surface area contributed by atoms with Crippen LogP contribution >= 0.6 is 11.6 Å². The van der Waals surface area contributed by atoms with Crippen LogP contribution in [0.15, 0.2) is 66.7 Å². The molecule has 1 N–H and O–H groups in total. The van der Waals surface area contributed by atoms with Crippen molar-refractivity contribution >= 4 is 21.6 Å². The summed E-state index contributed by atoms with van der Waals surface area (Å²) in [6.45, 7) is 0.337. The van der Waals surface area contributed by atoms with Crippen LogP contribution in [0, 0.1) is 0 Å². The molecule has 132 valence electrons. The van der Waals surface area contributed by atoms with E-state index in [-0.39, 0.29) is 5.75 Å². The van der Waals surface area contributed by atoms with Gasteiger partial charge < -0.3 is 4.74 Å². The summed E-state index contributed by atoms with van der Waals surface area (Å²) in [5.41, 5.74) is 3.77. The third-order valence-electron chi connectivity index (χ3n) is 4.30. The molecule has 0 spiro atoms. The number of fused-ring (bicyclic) bond motifs is 1. The molecule has 26 heavy (non-hydrogen) atoms. The Morgan fingerprint density at radius 1 is 0.885 bits per heavy atom. The molecule has 6 heteroatoms. The zero-order chi connectivity index (χ0) is 18.1. The molecule has 0 aliphatic carbocycles. The highest BCUT2D eigenvalue weighted by Crippen LogP contribution is 2.32. The summed E-state index contributed by atoms with van der Waals surface area (Å²) in [4.78, 5) is 0. The molecule has 1 heterocycles. The molecule has 1 aliphatic heterocycles. The van der Waals surface area contributed by atoms with Crippen molar-refractivity contribution in [1.82, 2.24) is 4.72 Å². The zero-order valence-electron chi connectivity index (χ0n) is 13.8. The van der Waals surface area contributed by atoms with Gasteiger partial charge in [-0.3, -0.25) is 0 Å². The lowest BCUT2D eigenvalue weighted by Gasteiger charge is -2.20. The summed E-state index contributed by atoms with van der Waals surface area (Å²) in [7, 11) is -3.26. The molecule has 1 aliphatic rings. The number of benzene rings is 3. The lowest BCUT2D eigenvalue weighted by Crippen LogP contribution is -2.30. The first-order chi connectivity index (χ1) is 12.5. The summed E-state index contributed by atoms with van der Waals surface area (Å²) in [6.07, 6.45) is 0. The first kappa shape index (κ1) is 17.1. The van der Waals surface area contributed by atoms with E-state index in [0.717, 1.165) is 22.3 Å². The van der Waals surface area contributed by atoms with E-state index in [1.54, 1.807) is 12.1 Å². The van der Waals surface area contributed by atoms with Gasteiger partial charge >= 0.3 is 0 Å². The van der Waals surface area contributed by atoms with Crippen molar-refractivity contribution in [2.75, 3.05) is 0 Å². The van der Waals surface area contributed by atoms with E-state index in [4.69, 9.17) is 16.3 Å². The number of ether oxygens (including phenoxy) is 1. The van der Waals surface area contributed by atoms with Crippen LogP contribution in [0.5, 0.6) is 11.5 Å². The second-order valence-electron chi connectivity index (χ2n) is 6.10. The predicted molar refractivity (Wildman–Crippen MR) is 103 cm³/mol. The third-order valence-corrected chi connectivity index (χ3v) is 5.81. The smallest absolute Gasteiger partial charge is 0.216 e. The van der Waals surface area contributed by atoms with Gasteiger partial charge in [0.05, 0.1) is 5.75 Å². The second kappa shape index (κ2) is 6.76. The molecule has 0 saturated heterocycles. The zero-order valence-corrected chi connectivity index (χ0v) is 15.3. The fourth-order valence-electron chi connectivity index (χ4n) is 3.01. The summed E-state index contributed by atoms with van der Waals surface area (Å²) >= 11 is 5.88. The Balaban J connectivity index is 1.63. The number of sulfonamides is 1. The lowest BCUT2D eigenvalue weighted by molar-refractivity contribution is 0.483. The molecule has 4 nitrogen and oxygen atoms in total. The van der Waals surface area contributed by atoms with Crippen molar-refractivity contribution in [2.45, 2.75) is 12.3 Å². The monoisotopic (exact) mass is 385 g/mol. The molecule has 0 fully saturated rings. The van der Waals surface area contributed by atoms with Crippen molar-refractivity contribution in [3.63, 3.8) is 0 Å². The Morgan fingerprint density at radius 2 is 1.54 bits per heavy atom. The van der Waals surface area contributed by atoms with Gasteiger partial charge in [0.2, 0.25) is 10.0 Å². The minimum Gasteiger partial charge on any atom is -0.457 e. The topological polar surface area (TPSA) is 55.4 Å². The number of halogens is 1. The number of rotatable bonds is 3. The quantitative estimate of drug-likeness (QED) is 0.708. The molecule has 0 atom stereocenters. The SMILES string of the molecule is O=S1(=O)Cc2c(cccc2-c2ccc(Oc3ccc(Cl)cc3)cc2)CN1. The van der Waals surface area contributed by atoms with Crippen molar-refractivity contribution < 1.29 is 13.2 Å². The highest BCUT2D eigenvalue weighted by molar-refractivity contribution is 7.88. The third kappa shape index (κ3) is 3.60. The minimum absolute atomic E-state index is 0.00152. The molecule has 0 bridgehead atoms. The van der Waals surface area contributed by atoms with Crippen LogP contribution in [-0.2, 0) is 22.3 Å². The van der Waals surface area contributed by atoms with Gasteiger partial charge in [0.25, 0.3) is 0 Å². The molecule has 0 saturated carbocycles. The van der Waals surface area contributed by atoms with Gasteiger partial charge in [0, 0.05) is 11.6 Å². The number of nitrogens with one attached hydrogen (secondary N) is 1. The summed E-state index contributed by atoms with van der Waals surface area (Å²) < 4.78 is 32.3. The Bertz CT molecular complexity index is 1050. The largest absolute Gasteiger partial charge is 0.457 e. The van der Waals surface area contributed by atoms with Gasteiger partial charge in [0.15, 0.2) is 0 Å². The Kier molecular flexibility index (Phi) is 4.44. The first-order valence-electron chi connectivity index (χ1n) is 8.12. The van der Waals surface area contributed by atoms with Crippen molar-refractivity contribution in [3.8, 4) is 22.6 Å². The maximum absolute atomic E-state index is 11.9. The Hall–Kier alpha value is -2.34. The van der Waals surface area contributed by atoms with E-state index in [1.165, 1.54) is 0 Å². The van der Waals surface area contributed by atoms with E-state index >= 15 is 0 Å². The van der Waals surface area contributed by atoms with Crippen LogP contribution < -0.4 is 9.46 Å². The van der Waals surface area contributed by atoms with Gasteiger partial charge in [-0.25, -0.2) is 13.1 Å². The molecule has 0 unspecified atom stereocenters. The predicted octanol–water partition coefficient (Wildman–Crippen LogP) is 4.73. The number of hydrogen-bond donors (Lipinski definition) is 1. The highest BCUT2D eigenvalue weighted by atomic mass is 35.5. The van der Waals surface area contributed by atoms with Gasteiger partial charge in [-0.2, -0.15) is 0 Å². The van der Waals surface area contributed by atoms with E-state index in [1.807, 2.05) is 54.6 Å². The van der Waals surface area contributed by atoms with Crippen LogP contribution in [0.4, 0.5) is 0 Å². The van der Waals surface area contributed by atoms with Crippen LogP contribution in [0.1, 0.15) is 11.1 Å². The fourth-order valence-corrected chi connectivity index (χ4v) is 4.34. The molecule has 4 rings (SSSR count). The average Bonchev–Trinajstić information content (AvgIpc) is 2.63. The normalized spacial score (nSPS) is 15.3. The minimum atomic E-state index is -3.26. The van der Waals surface area contributed by atoms with Gasteiger partial charge in [0.1, 0.15) is 11.5 Å². The second-order valence-corrected chi connectivity index (χ2v) is 8.35. The van der Waals surface area contributed by atoms with Gasteiger partial charge in [-0.05, 0) is 58.7 Å². The van der Waals surface area contributed by atoms with Crippen LogP contribution in [-0.4, -0.2) is 8.42 Å². The maximum Gasteiger partial charge on any atom is 0.216 e. The van der Waals surface area contributed by atoms with Crippen LogP contribution in [0.2, 0.25) is 5.02 Å². The molecular weight excluding hydrogens is 370 g/mol. The summed E-state index contributed by atoms with van der Waals surface area (Å²) in [5, 5.41) is 0.658. The van der Waals surface area contributed by atoms with Crippen molar-refractivity contribution in [3.05, 3.63) is 82.9 Å². The van der Waals surface area contributed by atoms with Crippen molar-refractivity contribution in [1.29, 1.82) is 0 Å². The molecule has 3 aromatic carbocycles. The fraction of sp³-hybridized carbons (Fsp3) is 0.100. The standard InChI is InChI=1S/C20H16ClNO3S/c21-16-6-10-18(11-7-16)25-17-8-4-14(5-9-17)19-3-1-2-15-12-22-26(23,24)13-20(15)19/h1-11,22H,12-13H2. The Morgan fingerprint density at radius 3 is 2.23 bits per heavy atom. The van der Waals surface area contributed by atoms with Gasteiger partial charge in [-0.1, -0.05) is 41.9 Å². The molecule has 0 amide bonds. The van der Waals surface area contributed by atoms with Crippen LogP contribution in [0.3, 0.4) is 0 Å². The Labute approximate surface area is 157 Å². The average molecular weight is 386 g/mol. The van der Waals surface area contributed by atoms with Gasteiger partial charge in [-0.15, -0.1) is 0 Å². The lowest BCUT2D eigenvalue weighted by atomic mass is 9.96. The van der Waals surface area contributed by atoms with Crippen molar-refractivity contribution in [2.24, 2.45) is 0 Å². The summed E-state index contributed by atoms with van der Waals surface area (Å²) in [5.74, 6) is 1.41.